The summed E-state index contributed by atoms with van der Waals surface area (Å²) in [7, 11) is 0. The number of nitrogens with one attached hydrogen (secondary N) is 1. The van der Waals surface area contributed by atoms with Gasteiger partial charge in [0.25, 0.3) is 0 Å². The molecule has 16 heavy (non-hydrogen) atoms. The van der Waals surface area contributed by atoms with Crippen molar-refractivity contribution in [3.05, 3.63) is 24.2 Å². The standard InChI is InChI=1S/C14H23NO/c1-14(2,3)11(10-15-12-6-7-12)9-13-5-4-8-16-13/h4-5,8,11-12,15H,6-7,9-10H2,1-3H3. The lowest BCUT2D eigenvalue weighted by molar-refractivity contribution is 0.219. The Morgan fingerprint density at radius 1 is 1.44 bits per heavy atom. The largest absolute Gasteiger partial charge is 0.469 e. The van der Waals surface area contributed by atoms with Crippen molar-refractivity contribution in [1.29, 1.82) is 0 Å². The first-order valence-electron chi connectivity index (χ1n) is 6.31. The smallest absolute Gasteiger partial charge is 0.104 e. The van der Waals surface area contributed by atoms with E-state index >= 15 is 0 Å². The molecule has 0 radical (unpaired) electrons. The number of hydrogen-bond acceptors (Lipinski definition) is 2. The van der Waals surface area contributed by atoms with Crippen LogP contribution in [0, 0.1) is 11.3 Å². The highest BCUT2D eigenvalue weighted by Gasteiger charge is 2.28. The second-order valence-corrected chi connectivity index (χ2v) is 6.03. The zero-order valence-corrected chi connectivity index (χ0v) is 10.6. The first-order chi connectivity index (χ1) is 7.55. The van der Waals surface area contributed by atoms with Gasteiger partial charge in [-0.05, 0) is 42.9 Å². The van der Waals surface area contributed by atoms with Crippen LogP contribution in [0.2, 0.25) is 0 Å². The van der Waals surface area contributed by atoms with E-state index in [1.54, 1.807) is 6.26 Å². The van der Waals surface area contributed by atoms with E-state index in [0.29, 0.717) is 11.3 Å². The molecule has 0 amide bonds. The third-order valence-electron chi connectivity index (χ3n) is 3.48. The molecule has 2 heteroatoms. The highest BCUT2D eigenvalue weighted by Crippen LogP contribution is 2.30. The Kier molecular flexibility index (Phi) is 3.38. The van der Waals surface area contributed by atoms with Crippen LogP contribution in [0.1, 0.15) is 39.4 Å². The van der Waals surface area contributed by atoms with Crippen LogP contribution in [0.5, 0.6) is 0 Å². The van der Waals surface area contributed by atoms with Gasteiger partial charge >= 0.3 is 0 Å². The van der Waals surface area contributed by atoms with Crippen LogP contribution in [-0.4, -0.2) is 12.6 Å². The number of furan rings is 1. The lowest BCUT2D eigenvalue weighted by Gasteiger charge is -2.30. The molecule has 1 fully saturated rings. The summed E-state index contributed by atoms with van der Waals surface area (Å²) in [6.45, 7) is 8.05. The maximum absolute atomic E-state index is 5.45. The summed E-state index contributed by atoms with van der Waals surface area (Å²) in [5, 5.41) is 3.63. The quantitative estimate of drug-likeness (QED) is 0.825. The average Bonchev–Trinajstić information content (AvgIpc) is 2.87. The van der Waals surface area contributed by atoms with Crippen LogP contribution in [0.15, 0.2) is 22.8 Å². The van der Waals surface area contributed by atoms with Crippen molar-refractivity contribution in [3.8, 4) is 0 Å². The molecule has 0 bridgehead atoms. The topological polar surface area (TPSA) is 25.2 Å². The van der Waals surface area contributed by atoms with Crippen molar-refractivity contribution < 1.29 is 4.42 Å². The van der Waals surface area contributed by atoms with E-state index in [2.05, 4.69) is 32.2 Å². The summed E-state index contributed by atoms with van der Waals surface area (Å²) in [6.07, 6.45) is 5.52. The van der Waals surface area contributed by atoms with Crippen LogP contribution in [0.25, 0.3) is 0 Å². The Hall–Kier alpha value is -0.760. The molecule has 2 nitrogen and oxygen atoms in total. The van der Waals surface area contributed by atoms with Crippen molar-refractivity contribution in [2.24, 2.45) is 11.3 Å². The van der Waals surface area contributed by atoms with Crippen LogP contribution in [0.4, 0.5) is 0 Å². The van der Waals surface area contributed by atoms with E-state index in [1.807, 2.05) is 6.07 Å². The molecule has 1 heterocycles. The molecule has 1 aromatic heterocycles. The first-order valence-corrected chi connectivity index (χ1v) is 6.31. The zero-order chi connectivity index (χ0) is 11.6. The molecule has 1 aliphatic carbocycles. The third-order valence-corrected chi connectivity index (χ3v) is 3.48. The SMILES string of the molecule is CC(C)(C)C(CNC1CC1)Cc1ccco1. The minimum atomic E-state index is 0.328. The molecule has 0 aromatic carbocycles. The second-order valence-electron chi connectivity index (χ2n) is 6.03. The van der Waals surface area contributed by atoms with Crippen LogP contribution < -0.4 is 5.32 Å². The Morgan fingerprint density at radius 3 is 2.69 bits per heavy atom. The minimum Gasteiger partial charge on any atom is -0.469 e. The summed E-state index contributed by atoms with van der Waals surface area (Å²) < 4.78 is 5.45. The van der Waals surface area contributed by atoms with Gasteiger partial charge < -0.3 is 9.73 Å². The second kappa shape index (κ2) is 4.62. The predicted octanol–water partition coefficient (Wildman–Crippen LogP) is 3.24. The molecule has 0 spiro atoms. The zero-order valence-electron chi connectivity index (χ0n) is 10.6. The molecule has 0 saturated heterocycles. The van der Waals surface area contributed by atoms with Crippen molar-refractivity contribution >= 4 is 0 Å². The van der Waals surface area contributed by atoms with Gasteiger partial charge in [-0.25, -0.2) is 0 Å². The maximum atomic E-state index is 5.45. The Morgan fingerprint density at radius 2 is 2.19 bits per heavy atom. The van der Waals surface area contributed by atoms with Crippen molar-refractivity contribution in [1.82, 2.24) is 5.32 Å². The number of hydrogen-bond donors (Lipinski definition) is 1. The van der Waals surface area contributed by atoms with Crippen LogP contribution in [-0.2, 0) is 6.42 Å². The van der Waals surface area contributed by atoms with Gasteiger partial charge in [0.15, 0.2) is 0 Å². The predicted molar refractivity (Wildman–Crippen MR) is 66.4 cm³/mol. The Balaban J connectivity index is 1.90. The fraction of sp³-hybridized carbons (Fsp3) is 0.714. The molecule has 1 aromatic rings. The molecule has 1 aliphatic rings. The molecule has 1 unspecified atom stereocenters. The van der Waals surface area contributed by atoms with Gasteiger partial charge in [0.2, 0.25) is 0 Å². The van der Waals surface area contributed by atoms with Gasteiger partial charge in [-0.2, -0.15) is 0 Å². The van der Waals surface area contributed by atoms with Gasteiger partial charge in [-0.1, -0.05) is 20.8 Å². The maximum Gasteiger partial charge on any atom is 0.104 e. The molecule has 1 saturated carbocycles. The molecular formula is C14H23NO. The van der Waals surface area contributed by atoms with Gasteiger partial charge in [-0.15, -0.1) is 0 Å². The number of rotatable bonds is 5. The van der Waals surface area contributed by atoms with E-state index < -0.39 is 0 Å². The van der Waals surface area contributed by atoms with E-state index in [9.17, 15) is 0 Å². The van der Waals surface area contributed by atoms with Crippen molar-refractivity contribution in [2.75, 3.05) is 6.54 Å². The Labute approximate surface area is 98.4 Å². The molecule has 90 valence electrons. The summed E-state index contributed by atoms with van der Waals surface area (Å²) >= 11 is 0. The van der Waals surface area contributed by atoms with E-state index in [0.717, 1.165) is 24.8 Å². The average molecular weight is 221 g/mol. The van der Waals surface area contributed by atoms with E-state index in [1.165, 1.54) is 12.8 Å². The fourth-order valence-corrected chi connectivity index (χ4v) is 1.95. The molecular weight excluding hydrogens is 198 g/mol. The summed E-state index contributed by atoms with van der Waals surface area (Å²) in [6, 6.07) is 4.85. The highest BCUT2D eigenvalue weighted by atomic mass is 16.3. The monoisotopic (exact) mass is 221 g/mol. The minimum absolute atomic E-state index is 0.328. The van der Waals surface area contributed by atoms with Crippen LogP contribution in [0.3, 0.4) is 0 Å². The fourth-order valence-electron chi connectivity index (χ4n) is 1.95. The van der Waals surface area contributed by atoms with Gasteiger partial charge in [0.1, 0.15) is 5.76 Å². The van der Waals surface area contributed by atoms with Gasteiger partial charge in [-0.3, -0.25) is 0 Å². The molecule has 0 aliphatic heterocycles. The van der Waals surface area contributed by atoms with E-state index in [-0.39, 0.29) is 0 Å². The normalized spacial score (nSPS) is 18.7. The van der Waals surface area contributed by atoms with Crippen molar-refractivity contribution in [2.45, 2.75) is 46.1 Å². The van der Waals surface area contributed by atoms with Gasteiger partial charge in [0, 0.05) is 12.5 Å². The Bertz CT molecular complexity index is 306. The van der Waals surface area contributed by atoms with Crippen LogP contribution >= 0.6 is 0 Å². The molecule has 1 N–H and O–H groups in total. The lowest BCUT2D eigenvalue weighted by atomic mass is 9.78. The molecule has 1 atom stereocenters. The summed E-state index contributed by atoms with van der Waals surface area (Å²) in [5.74, 6) is 1.75. The van der Waals surface area contributed by atoms with E-state index in [4.69, 9.17) is 4.42 Å². The lowest BCUT2D eigenvalue weighted by Crippen LogP contribution is -2.34. The third kappa shape index (κ3) is 3.38. The highest BCUT2D eigenvalue weighted by molar-refractivity contribution is 5.01. The molecule has 2 rings (SSSR count). The van der Waals surface area contributed by atoms with Gasteiger partial charge in [0.05, 0.1) is 6.26 Å². The summed E-state index contributed by atoms with van der Waals surface area (Å²) in [5.41, 5.74) is 0.328. The summed E-state index contributed by atoms with van der Waals surface area (Å²) in [4.78, 5) is 0. The first kappa shape index (κ1) is 11.7. The van der Waals surface area contributed by atoms with Crippen molar-refractivity contribution in [3.63, 3.8) is 0 Å².